The number of hydrogen-bond donors (Lipinski definition) is 1. The van der Waals surface area contributed by atoms with E-state index in [1.165, 1.54) is 6.34 Å². The minimum absolute atomic E-state index is 0.0593. The molecular formula is C21H35N5O2S. The summed E-state index contributed by atoms with van der Waals surface area (Å²) in [5.74, 6) is 0.340. The minimum atomic E-state index is -3.47. The minimum Gasteiger partial charge on any atom is -0.302 e. The van der Waals surface area contributed by atoms with Crippen molar-refractivity contribution in [1.29, 1.82) is 0 Å². The zero-order valence-corrected chi connectivity index (χ0v) is 19.3. The standard InChI is InChI=1S/C19H29N5O2S.C2H6/c1-5-6-7-8-9-12-27(25,26)16(2)19-22-18-10-11-23(4)13-17(18)14-24(19)21-15-20-3;1-2/h6-9,14-15H,5,10-13H2,1-4H3,(H,20,21);1-2H3/b7-6-,9-8-,19-16+;. The molecule has 0 aromatic heterocycles. The highest BCUT2D eigenvalue weighted by molar-refractivity contribution is 7.95. The molecule has 1 N–H and O–H groups in total. The summed E-state index contributed by atoms with van der Waals surface area (Å²) in [4.78, 5) is 11.1. The van der Waals surface area contributed by atoms with Crippen LogP contribution in [0.5, 0.6) is 0 Å². The van der Waals surface area contributed by atoms with E-state index in [1.807, 2.05) is 39.1 Å². The fraction of sp³-hybridized carbons (Fsp3) is 0.524. The van der Waals surface area contributed by atoms with Gasteiger partial charge in [0.2, 0.25) is 0 Å². The first-order chi connectivity index (χ1) is 13.9. The van der Waals surface area contributed by atoms with E-state index in [2.05, 4.69) is 27.4 Å². The summed E-state index contributed by atoms with van der Waals surface area (Å²) >= 11 is 0. The van der Waals surface area contributed by atoms with Crippen LogP contribution in [0.2, 0.25) is 0 Å². The van der Waals surface area contributed by atoms with Crippen molar-refractivity contribution in [3.63, 3.8) is 0 Å². The summed E-state index contributed by atoms with van der Waals surface area (Å²) < 4.78 is 25.5. The first-order valence-electron chi connectivity index (χ1n) is 10.1. The number of fused-ring (bicyclic) bond motifs is 1. The highest BCUT2D eigenvalue weighted by Crippen LogP contribution is 2.26. The number of likely N-dealkylation sites (tertiary alicyclic amines) is 1. The summed E-state index contributed by atoms with van der Waals surface area (Å²) in [5.41, 5.74) is 5.03. The smallest absolute Gasteiger partial charge is 0.181 e. The lowest BCUT2D eigenvalue weighted by atomic mass is 10.0. The van der Waals surface area contributed by atoms with Crippen LogP contribution in [-0.2, 0) is 9.84 Å². The second-order valence-corrected chi connectivity index (χ2v) is 8.69. The van der Waals surface area contributed by atoms with Crippen LogP contribution < -0.4 is 5.43 Å². The Bertz CT molecular complexity index is 820. The Morgan fingerprint density at radius 3 is 2.66 bits per heavy atom. The molecule has 2 aliphatic heterocycles. The van der Waals surface area contributed by atoms with Crippen LogP contribution in [0.15, 0.2) is 56.8 Å². The fourth-order valence-electron chi connectivity index (χ4n) is 2.77. The molecule has 7 nitrogen and oxygen atoms in total. The Morgan fingerprint density at radius 1 is 1.31 bits per heavy atom. The Hall–Kier alpha value is -2.19. The molecule has 0 radical (unpaired) electrons. The Morgan fingerprint density at radius 2 is 2.00 bits per heavy atom. The number of hydrogen-bond acceptors (Lipinski definition) is 6. The third-order valence-corrected chi connectivity index (χ3v) is 6.08. The van der Waals surface area contributed by atoms with Gasteiger partial charge in [-0.3, -0.25) is 10.4 Å². The molecule has 0 aliphatic carbocycles. The van der Waals surface area contributed by atoms with Gasteiger partial charge in [0, 0.05) is 38.3 Å². The van der Waals surface area contributed by atoms with Crippen molar-refractivity contribution < 1.29 is 8.42 Å². The van der Waals surface area contributed by atoms with E-state index in [0.717, 1.165) is 37.2 Å². The molecule has 1 fully saturated rings. The van der Waals surface area contributed by atoms with Crippen LogP contribution >= 0.6 is 0 Å². The van der Waals surface area contributed by atoms with Gasteiger partial charge >= 0.3 is 0 Å². The maximum absolute atomic E-state index is 12.8. The number of aliphatic imine (C=N–C) groups is 2. The van der Waals surface area contributed by atoms with Crippen molar-refractivity contribution in [1.82, 2.24) is 15.3 Å². The van der Waals surface area contributed by atoms with Gasteiger partial charge in [-0.05, 0) is 20.4 Å². The Kier molecular flexibility index (Phi) is 10.6. The molecule has 0 saturated carbocycles. The second-order valence-electron chi connectivity index (χ2n) is 6.51. The summed E-state index contributed by atoms with van der Waals surface area (Å²) in [5, 5.41) is 1.64. The van der Waals surface area contributed by atoms with Gasteiger partial charge in [-0.25, -0.2) is 18.4 Å². The second kappa shape index (κ2) is 12.4. The molecular weight excluding hydrogens is 386 g/mol. The lowest BCUT2D eigenvalue weighted by Gasteiger charge is -2.33. The van der Waals surface area contributed by atoms with Crippen LogP contribution in [0.3, 0.4) is 0 Å². The normalized spacial score (nSPS) is 19.7. The number of allylic oxidation sites excluding steroid dienone is 4. The van der Waals surface area contributed by atoms with E-state index < -0.39 is 9.84 Å². The number of piperidine rings is 1. The van der Waals surface area contributed by atoms with E-state index in [0.29, 0.717) is 5.82 Å². The Labute approximate surface area is 176 Å². The summed E-state index contributed by atoms with van der Waals surface area (Å²) in [6, 6.07) is 0. The molecule has 2 aliphatic rings. The number of likely N-dealkylation sites (N-methyl/N-ethyl adjacent to an activating group) is 1. The van der Waals surface area contributed by atoms with Crippen molar-refractivity contribution in [2.24, 2.45) is 9.98 Å². The predicted molar refractivity (Wildman–Crippen MR) is 123 cm³/mol. The number of rotatable bonds is 7. The van der Waals surface area contributed by atoms with Gasteiger partial charge in [-0.15, -0.1) is 0 Å². The molecule has 0 spiro atoms. The first kappa shape index (κ1) is 24.8. The van der Waals surface area contributed by atoms with Crippen LogP contribution in [-0.4, -0.2) is 63.3 Å². The largest absolute Gasteiger partial charge is 0.302 e. The van der Waals surface area contributed by atoms with Gasteiger partial charge in [0.15, 0.2) is 15.7 Å². The topological polar surface area (TPSA) is 77.4 Å². The molecule has 0 unspecified atom stereocenters. The number of sulfone groups is 1. The fourth-order valence-corrected chi connectivity index (χ4v) is 3.80. The molecule has 0 atom stereocenters. The molecule has 1 saturated heterocycles. The molecule has 0 aromatic carbocycles. The third-order valence-electron chi connectivity index (χ3n) is 4.34. The highest BCUT2D eigenvalue weighted by Gasteiger charge is 2.27. The van der Waals surface area contributed by atoms with Gasteiger partial charge in [-0.1, -0.05) is 45.1 Å². The summed E-state index contributed by atoms with van der Waals surface area (Å²) in [6.07, 6.45) is 12.4. The molecule has 2 heterocycles. The molecule has 8 heteroatoms. The SMILES string of the molecule is CC.CC/C=C\C=C/CS(=O)(=O)/C(C)=C1\N=C2CCN(C)CC2=CN1NC=NC. The van der Waals surface area contributed by atoms with Gasteiger partial charge in [0.25, 0.3) is 0 Å². The molecule has 0 aromatic rings. The zero-order valence-electron chi connectivity index (χ0n) is 18.5. The summed E-state index contributed by atoms with van der Waals surface area (Å²) in [7, 11) is 0.239. The Balaban J connectivity index is 0.00000204. The molecule has 162 valence electrons. The van der Waals surface area contributed by atoms with E-state index in [1.54, 1.807) is 31.1 Å². The van der Waals surface area contributed by atoms with Gasteiger partial charge < -0.3 is 4.90 Å². The van der Waals surface area contributed by atoms with Crippen LogP contribution in [0.25, 0.3) is 0 Å². The average Bonchev–Trinajstić information content (AvgIpc) is 2.72. The van der Waals surface area contributed by atoms with Crippen molar-refractivity contribution in [3.8, 4) is 0 Å². The van der Waals surface area contributed by atoms with Crippen molar-refractivity contribution in [3.05, 3.63) is 46.8 Å². The van der Waals surface area contributed by atoms with Crippen molar-refractivity contribution >= 4 is 21.9 Å². The molecule has 0 amide bonds. The van der Waals surface area contributed by atoms with Gasteiger partial charge in [0.05, 0.1) is 16.4 Å². The molecule has 29 heavy (non-hydrogen) atoms. The van der Waals surface area contributed by atoms with Crippen LogP contribution in [0.4, 0.5) is 0 Å². The zero-order chi connectivity index (χ0) is 21.9. The maximum Gasteiger partial charge on any atom is 0.181 e. The number of nitrogens with zero attached hydrogens (tertiary/aromatic N) is 4. The predicted octanol–water partition coefficient (Wildman–Crippen LogP) is 3.28. The van der Waals surface area contributed by atoms with Crippen LogP contribution in [0, 0.1) is 0 Å². The number of nitrogens with one attached hydrogen (secondary N) is 1. The maximum atomic E-state index is 12.8. The summed E-state index contributed by atoms with van der Waals surface area (Å²) in [6.45, 7) is 9.33. The van der Waals surface area contributed by atoms with Crippen molar-refractivity contribution in [2.45, 2.75) is 40.5 Å². The van der Waals surface area contributed by atoms with E-state index in [-0.39, 0.29) is 10.7 Å². The average molecular weight is 422 g/mol. The van der Waals surface area contributed by atoms with Crippen LogP contribution in [0.1, 0.15) is 40.5 Å². The molecule has 0 bridgehead atoms. The molecule has 2 rings (SSSR count). The third kappa shape index (κ3) is 7.29. The van der Waals surface area contributed by atoms with Gasteiger partial charge in [-0.2, -0.15) is 0 Å². The quantitative estimate of drug-likeness (QED) is 0.388. The van der Waals surface area contributed by atoms with E-state index in [9.17, 15) is 8.42 Å². The van der Waals surface area contributed by atoms with E-state index in [4.69, 9.17) is 0 Å². The monoisotopic (exact) mass is 421 g/mol. The van der Waals surface area contributed by atoms with Gasteiger partial charge in [0.1, 0.15) is 6.34 Å². The first-order valence-corrected chi connectivity index (χ1v) is 11.7. The lowest BCUT2D eigenvalue weighted by Crippen LogP contribution is -2.41. The number of hydrazine groups is 1. The highest BCUT2D eigenvalue weighted by atomic mass is 32.2. The lowest BCUT2D eigenvalue weighted by molar-refractivity contribution is 0.347. The van der Waals surface area contributed by atoms with Crippen molar-refractivity contribution in [2.75, 3.05) is 32.9 Å². The van der Waals surface area contributed by atoms with E-state index >= 15 is 0 Å².